The van der Waals surface area contributed by atoms with E-state index in [1.807, 2.05) is 13.0 Å². The van der Waals surface area contributed by atoms with Crippen molar-refractivity contribution in [2.45, 2.75) is 19.9 Å². The summed E-state index contributed by atoms with van der Waals surface area (Å²) >= 11 is 0. The average molecular weight is 396 g/mol. The van der Waals surface area contributed by atoms with Crippen molar-refractivity contribution in [3.63, 3.8) is 0 Å². The largest absolute Gasteiger partial charge is 0.497 e. The summed E-state index contributed by atoms with van der Waals surface area (Å²) in [4.78, 5) is 22.9. The molecule has 0 radical (unpaired) electrons. The second-order valence-electron chi connectivity index (χ2n) is 6.27. The van der Waals surface area contributed by atoms with E-state index in [1.165, 1.54) is 18.2 Å². The van der Waals surface area contributed by atoms with Crippen LogP contribution in [0.15, 0.2) is 54.7 Å². The van der Waals surface area contributed by atoms with Crippen LogP contribution in [0, 0.1) is 17.0 Å². The molecular formula is C20H20N4O5. The van der Waals surface area contributed by atoms with E-state index in [-0.39, 0.29) is 29.5 Å². The van der Waals surface area contributed by atoms with Crippen LogP contribution in [-0.2, 0) is 11.3 Å². The van der Waals surface area contributed by atoms with E-state index in [4.69, 9.17) is 9.47 Å². The smallest absolute Gasteiger partial charge is 0.275 e. The van der Waals surface area contributed by atoms with E-state index in [9.17, 15) is 14.9 Å². The van der Waals surface area contributed by atoms with Gasteiger partial charge in [-0.1, -0.05) is 0 Å². The van der Waals surface area contributed by atoms with Crippen LogP contribution in [0.3, 0.4) is 0 Å². The van der Waals surface area contributed by atoms with Gasteiger partial charge in [0.25, 0.3) is 5.69 Å². The van der Waals surface area contributed by atoms with Gasteiger partial charge < -0.3 is 14.8 Å². The third-order valence-electron chi connectivity index (χ3n) is 4.02. The number of anilines is 1. The molecule has 0 unspecified atom stereocenters. The molecule has 0 aliphatic heterocycles. The molecule has 1 amide bonds. The number of nitro benzene ring substituents is 1. The maximum Gasteiger partial charge on any atom is 0.275 e. The summed E-state index contributed by atoms with van der Waals surface area (Å²) in [6, 6.07) is 12.8. The first-order valence-corrected chi connectivity index (χ1v) is 8.84. The van der Waals surface area contributed by atoms with Gasteiger partial charge in [0.05, 0.1) is 29.5 Å². The number of carbonyl (C=O) groups excluding carboxylic acids is 1. The number of benzene rings is 2. The van der Waals surface area contributed by atoms with E-state index in [1.54, 1.807) is 42.3 Å². The van der Waals surface area contributed by atoms with Crippen molar-refractivity contribution in [2.24, 2.45) is 0 Å². The molecule has 9 nitrogen and oxygen atoms in total. The highest BCUT2D eigenvalue weighted by Gasteiger charge is 2.13. The van der Waals surface area contributed by atoms with Gasteiger partial charge in [-0.25, -0.2) is 0 Å². The van der Waals surface area contributed by atoms with E-state index in [0.29, 0.717) is 18.0 Å². The Bertz CT molecular complexity index is 1010. The molecule has 29 heavy (non-hydrogen) atoms. The van der Waals surface area contributed by atoms with Gasteiger partial charge in [0.2, 0.25) is 5.91 Å². The summed E-state index contributed by atoms with van der Waals surface area (Å²) in [5.41, 5.74) is 0.961. The molecule has 2 aromatic carbocycles. The molecule has 0 aliphatic carbocycles. The van der Waals surface area contributed by atoms with Crippen LogP contribution in [0.4, 0.5) is 11.4 Å². The molecule has 0 bridgehead atoms. The molecule has 9 heteroatoms. The molecule has 150 valence electrons. The van der Waals surface area contributed by atoms with Crippen molar-refractivity contribution in [1.29, 1.82) is 0 Å². The van der Waals surface area contributed by atoms with Crippen molar-refractivity contribution in [3.05, 3.63) is 70.5 Å². The number of carbonyl (C=O) groups is 1. The Morgan fingerprint density at radius 1 is 1.14 bits per heavy atom. The predicted molar refractivity (Wildman–Crippen MR) is 106 cm³/mol. The third kappa shape index (κ3) is 5.55. The molecule has 0 fully saturated rings. The minimum absolute atomic E-state index is 0.179. The lowest BCUT2D eigenvalue weighted by Crippen LogP contribution is -2.15. The zero-order chi connectivity index (χ0) is 20.8. The summed E-state index contributed by atoms with van der Waals surface area (Å²) in [6.45, 7) is 2.27. The fourth-order valence-electron chi connectivity index (χ4n) is 2.63. The van der Waals surface area contributed by atoms with Crippen molar-refractivity contribution >= 4 is 17.3 Å². The van der Waals surface area contributed by atoms with Gasteiger partial charge >= 0.3 is 0 Å². The first-order valence-electron chi connectivity index (χ1n) is 8.84. The molecule has 1 heterocycles. The number of aromatic nitrogens is 2. The highest BCUT2D eigenvalue weighted by Crippen LogP contribution is 2.30. The number of nitrogens with one attached hydrogen (secondary N) is 1. The number of nitro groups is 1. The maximum absolute atomic E-state index is 12.2. The van der Waals surface area contributed by atoms with Crippen molar-refractivity contribution < 1.29 is 19.2 Å². The van der Waals surface area contributed by atoms with Crippen molar-refractivity contribution in [1.82, 2.24) is 9.78 Å². The molecule has 0 saturated heterocycles. The third-order valence-corrected chi connectivity index (χ3v) is 4.02. The monoisotopic (exact) mass is 396 g/mol. The summed E-state index contributed by atoms with van der Waals surface area (Å²) in [5, 5.41) is 18.1. The summed E-state index contributed by atoms with van der Waals surface area (Å²) < 4.78 is 12.5. The number of hydrogen-bond acceptors (Lipinski definition) is 6. The van der Waals surface area contributed by atoms with E-state index in [2.05, 4.69) is 10.4 Å². The second-order valence-corrected chi connectivity index (χ2v) is 6.27. The fraction of sp³-hybridized carbons (Fsp3) is 0.200. The Hall–Kier alpha value is -3.88. The van der Waals surface area contributed by atoms with Gasteiger partial charge in [0, 0.05) is 31.3 Å². The van der Waals surface area contributed by atoms with Crippen LogP contribution in [0.5, 0.6) is 17.2 Å². The number of aryl methyl sites for hydroxylation is 2. The van der Waals surface area contributed by atoms with Crippen molar-refractivity contribution in [3.8, 4) is 17.2 Å². The Morgan fingerprint density at radius 2 is 1.86 bits per heavy atom. The van der Waals surface area contributed by atoms with Gasteiger partial charge in [0.1, 0.15) is 17.2 Å². The Balaban J connectivity index is 1.71. The predicted octanol–water partition coefficient (Wildman–Crippen LogP) is 3.93. The average Bonchev–Trinajstić information content (AvgIpc) is 3.12. The number of rotatable bonds is 8. The maximum atomic E-state index is 12.2. The van der Waals surface area contributed by atoms with Crippen LogP contribution < -0.4 is 14.8 Å². The Labute approximate surface area is 167 Å². The Kier molecular flexibility index (Phi) is 6.08. The quantitative estimate of drug-likeness (QED) is 0.456. The van der Waals surface area contributed by atoms with Crippen LogP contribution >= 0.6 is 0 Å². The van der Waals surface area contributed by atoms with Gasteiger partial charge in [-0.2, -0.15) is 5.10 Å². The summed E-state index contributed by atoms with van der Waals surface area (Å²) in [6.07, 6.45) is 1.97. The molecule has 1 N–H and O–H groups in total. The lowest BCUT2D eigenvalue weighted by Gasteiger charge is -2.10. The molecule has 3 rings (SSSR count). The van der Waals surface area contributed by atoms with Crippen LogP contribution in [0.2, 0.25) is 0 Å². The standard InChI is InChI=1S/C20H20N4O5/c1-14-7-9-23(22-14)10-8-20(25)21-15-11-16(24(26)27)13-19(12-15)29-18-5-3-17(28-2)4-6-18/h3-7,9,11-13H,8,10H2,1-2H3,(H,21,25). The number of amides is 1. The van der Waals surface area contributed by atoms with Gasteiger partial charge in [-0.05, 0) is 37.3 Å². The fourth-order valence-corrected chi connectivity index (χ4v) is 2.63. The highest BCUT2D eigenvalue weighted by atomic mass is 16.6. The van der Waals surface area contributed by atoms with E-state index >= 15 is 0 Å². The van der Waals surface area contributed by atoms with Crippen LogP contribution in [0.25, 0.3) is 0 Å². The first kappa shape index (κ1) is 19.9. The number of non-ortho nitro benzene ring substituents is 1. The molecule has 3 aromatic rings. The lowest BCUT2D eigenvalue weighted by molar-refractivity contribution is -0.384. The number of hydrogen-bond donors (Lipinski definition) is 1. The summed E-state index contributed by atoms with van der Waals surface area (Å²) in [7, 11) is 1.55. The normalized spacial score (nSPS) is 10.4. The van der Waals surface area contributed by atoms with E-state index in [0.717, 1.165) is 5.69 Å². The highest BCUT2D eigenvalue weighted by molar-refractivity contribution is 5.91. The molecule has 0 saturated carbocycles. The number of methoxy groups -OCH3 is 1. The minimum Gasteiger partial charge on any atom is -0.497 e. The number of nitrogens with zero attached hydrogens (tertiary/aromatic N) is 3. The van der Waals surface area contributed by atoms with Crippen LogP contribution in [-0.4, -0.2) is 27.7 Å². The Morgan fingerprint density at radius 3 is 2.48 bits per heavy atom. The zero-order valence-corrected chi connectivity index (χ0v) is 16.0. The van der Waals surface area contributed by atoms with Crippen LogP contribution in [0.1, 0.15) is 12.1 Å². The van der Waals surface area contributed by atoms with Crippen molar-refractivity contribution in [2.75, 3.05) is 12.4 Å². The second kappa shape index (κ2) is 8.87. The summed E-state index contributed by atoms with van der Waals surface area (Å²) in [5.74, 6) is 1.10. The minimum atomic E-state index is -0.539. The molecule has 1 aromatic heterocycles. The number of ether oxygens (including phenoxy) is 2. The molecule has 0 spiro atoms. The van der Waals surface area contributed by atoms with Gasteiger partial charge in [0.15, 0.2) is 0 Å². The van der Waals surface area contributed by atoms with E-state index < -0.39 is 4.92 Å². The lowest BCUT2D eigenvalue weighted by atomic mass is 10.2. The van der Waals surface area contributed by atoms with Gasteiger partial charge in [-0.3, -0.25) is 19.6 Å². The zero-order valence-electron chi connectivity index (χ0n) is 16.0. The first-order chi connectivity index (χ1) is 13.9. The molecule has 0 atom stereocenters. The topological polar surface area (TPSA) is 109 Å². The SMILES string of the molecule is COc1ccc(Oc2cc(NC(=O)CCn3ccc(C)n3)cc([N+](=O)[O-])c2)cc1. The molecule has 0 aliphatic rings. The van der Waals surface area contributed by atoms with Gasteiger partial charge in [-0.15, -0.1) is 0 Å². The molecular weight excluding hydrogens is 376 g/mol.